The summed E-state index contributed by atoms with van der Waals surface area (Å²) in [5.74, 6) is -10.7. The molecule has 0 saturated carbocycles. The zero-order valence-corrected chi connectivity index (χ0v) is 16.2. The summed E-state index contributed by atoms with van der Waals surface area (Å²) in [6.07, 6.45) is 1.21. The highest BCUT2D eigenvalue weighted by atomic mass is 19.2. The first-order chi connectivity index (χ1) is 15.4. The summed E-state index contributed by atoms with van der Waals surface area (Å²) in [6, 6.07) is 14.3. The SMILES string of the molecule is [2H]C([2H])([2H])/C(=C\c1ccccc1)[B-](c1ccccc1[NH+](C)C)c1c(F)c(F)c(F)c(F)c1F. The van der Waals surface area contributed by atoms with Crippen LogP contribution in [0.3, 0.4) is 0 Å². The number of para-hydroxylation sites is 1. The Morgan fingerprint density at radius 1 is 0.800 bits per heavy atom. The van der Waals surface area contributed by atoms with Crippen molar-refractivity contribution in [3.63, 3.8) is 0 Å². The summed E-state index contributed by atoms with van der Waals surface area (Å²) in [6.45, 7) is -4.69. The largest absolute Gasteiger partial charge is 0.310 e. The monoisotopic (exact) mass is 419 g/mol. The molecule has 1 N–H and O–H groups in total. The van der Waals surface area contributed by atoms with Gasteiger partial charge in [0.15, 0.2) is 17.5 Å². The second-order valence-corrected chi connectivity index (χ2v) is 7.01. The number of quaternary nitrogens is 1. The number of allylic oxidation sites excluding steroid dienone is 1. The molecule has 0 heterocycles. The minimum atomic E-state index is -2.92. The Hall–Kier alpha value is -2.93. The number of benzene rings is 3. The lowest BCUT2D eigenvalue weighted by Gasteiger charge is -2.34. The maximum absolute atomic E-state index is 15.0. The summed E-state index contributed by atoms with van der Waals surface area (Å²) >= 11 is 0. The van der Waals surface area contributed by atoms with E-state index in [0.29, 0.717) is 16.2 Å². The topological polar surface area (TPSA) is 4.44 Å². The predicted molar refractivity (Wildman–Crippen MR) is 110 cm³/mol. The van der Waals surface area contributed by atoms with Crippen molar-refractivity contribution >= 4 is 29.4 Å². The molecule has 1 nitrogen and oxygen atoms in total. The van der Waals surface area contributed by atoms with Crippen molar-refractivity contribution < 1.29 is 31.0 Å². The average Bonchev–Trinajstić information content (AvgIpc) is 2.78. The third kappa shape index (κ3) is 4.03. The highest BCUT2D eigenvalue weighted by Crippen LogP contribution is 2.20. The molecule has 7 heteroatoms. The summed E-state index contributed by atoms with van der Waals surface area (Å²) in [7, 11) is 3.40. The fourth-order valence-corrected chi connectivity index (χ4v) is 3.37. The lowest BCUT2D eigenvalue weighted by molar-refractivity contribution is -0.785. The number of hydrogen-bond donors (Lipinski definition) is 1. The lowest BCUT2D eigenvalue weighted by Crippen LogP contribution is -3.01. The van der Waals surface area contributed by atoms with Crippen molar-refractivity contribution in [2.24, 2.45) is 0 Å². The van der Waals surface area contributed by atoms with Crippen LogP contribution in [0.25, 0.3) is 6.08 Å². The Morgan fingerprint density at radius 3 is 1.90 bits per heavy atom. The van der Waals surface area contributed by atoms with Gasteiger partial charge in [-0.05, 0) is 18.3 Å². The average molecular weight is 419 g/mol. The fraction of sp³-hybridized carbons (Fsp3) is 0.130. The lowest BCUT2D eigenvalue weighted by atomic mass is 9.35. The normalized spacial score (nSPS) is 14.0. The van der Waals surface area contributed by atoms with Crippen molar-refractivity contribution in [1.82, 2.24) is 0 Å². The number of nitrogens with one attached hydrogen (secondary N) is 1. The van der Waals surface area contributed by atoms with E-state index in [4.69, 9.17) is 4.11 Å². The van der Waals surface area contributed by atoms with Gasteiger partial charge in [0.25, 0.3) is 0 Å². The predicted octanol–water partition coefficient (Wildman–Crippen LogP) is 3.41. The van der Waals surface area contributed by atoms with E-state index in [1.165, 1.54) is 18.2 Å². The maximum Gasteiger partial charge on any atom is 0.200 e. The summed E-state index contributed by atoms with van der Waals surface area (Å²) in [5, 5.41) is 0. The molecule has 0 aliphatic rings. The maximum atomic E-state index is 15.0. The molecule has 0 fully saturated rings. The van der Waals surface area contributed by atoms with E-state index in [-0.39, 0.29) is 5.46 Å². The Kier molecular flexibility index (Phi) is 5.27. The van der Waals surface area contributed by atoms with Crippen LogP contribution in [0, 0.1) is 29.1 Å². The van der Waals surface area contributed by atoms with Gasteiger partial charge in [0.1, 0.15) is 11.6 Å². The molecule has 155 valence electrons. The smallest absolute Gasteiger partial charge is 0.200 e. The molecular formula is C23H20BF5N. The molecule has 3 rings (SSSR count). The molecule has 0 amide bonds. The summed E-state index contributed by atoms with van der Waals surface area (Å²) in [5.41, 5.74) is -0.746. The van der Waals surface area contributed by atoms with Crippen molar-refractivity contribution in [2.45, 2.75) is 6.85 Å². The van der Waals surface area contributed by atoms with Crippen LogP contribution in [0.4, 0.5) is 27.6 Å². The Morgan fingerprint density at radius 2 is 1.33 bits per heavy atom. The van der Waals surface area contributed by atoms with E-state index in [2.05, 4.69) is 0 Å². The van der Waals surface area contributed by atoms with Crippen LogP contribution >= 0.6 is 0 Å². The minimum absolute atomic E-state index is 0.110. The van der Waals surface area contributed by atoms with Gasteiger partial charge in [-0.25, -0.2) is 22.0 Å². The highest BCUT2D eigenvalue weighted by molar-refractivity contribution is 6.92. The van der Waals surface area contributed by atoms with Crippen LogP contribution in [0.1, 0.15) is 16.5 Å². The molecule has 0 saturated heterocycles. The zero-order valence-electron chi connectivity index (χ0n) is 19.2. The Labute approximate surface area is 176 Å². The molecule has 1 radical (unpaired) electrons. The molecule has 0 spiro atoms. The number of rotatable bonds is 5. The molecular weight excluding hydrogens is 396 g/mol. The summed E-state index contributed by atoms with van der Waals surface area (Å²) < 4.78 is 96.5. The molecule has 0 aromatic heterocycles. The van der Waals surface area contributed by atoms with Gasteiger partial charge in [-0.3, -0.25) is 5.47 Å². The zero-order chi connectivity index (χ0) is 24.5. The van der Waals surface area contributed by atoms with Crippen LogP contribution in [0.15, 0.2) is 60.1 Å². The Balaban J connectivity index is 2.48. The number of hydrogen-bond acceptors (Lipinski definition) is 0. The van der Waals surface area contributed by atoms with Gasteiger partial charge >= 0.3 is 0 Å². The molecule has 3 aromatic carbocycles. The standard InChI is InChI=1S/C23H19BF5N/c1-14(13-15-9-5-4-6-10-15)24(16-11-7-8-12-17(16)30(2)3)18-19(25)21(27)23(29)22(28)20(18)26/h4-13H,1-3H3/q-1/p+1/b14-13+/i1D3. The molecule has 30 heavy (non-hydrogen) atoms. The third-order valence-corrected chi connectivity index (χ3v) is 4.78. The Bertz CT molecular complexity index is 1170. The van der Waals surface area contributed by atoms with E-state index in [0.717, 1.165) is 0 Å². The van der Waals surface area contributed by atoms with Gasteiger partial charge in [-0.1, -0.05) is 61.5 Å². The van der Waals surface area contributed by atoms with E-state index < -0.39 is 53.6 Å². The quantitative estimate of drug-likeness (QED) is 0.280. The van der Waals surface area contributed by atoms with Crippen molar-refractivity contribution in [2.75, 3.05) is 14.1 Å². The van der Waals surface area contributed by atoms with Crippen LogP contribution < -0.4 is 15.8 Å². The second-order valence-electron chi connectivity index (χ2n) is 7.01. The third-order valence-electron chi connectivity index (χ3n) is 4.78. The van der Waals surface area contributed by atoms with E-state index >= 15 is 8.78 Å². The first-order valence-corrected chi connectivity index (χ1v) is 9.13. The molecule has 0 atom stereocenters. The first kappa shape index (κ1) is 17.9. The fourth-order valence-electron chi connectivity index (χ4n) is 3.37. The van der Waals surface area contributed by atoms with Crippen LogP contribution in [0.5, 0.6) is 0 Å². The first-order valence-electron chi connectivity index (χ1n) is 10.6. The van der Waals surface area contributed by atoms with Crippen molar-refractivity contribution in [3.05, 3.63) is 94.7 Å². The van der Waals surface area contributed by atoms with E-state index in [9.17, 15) is 13.2 Å². The highest BCUT2D eigenvalue weighted by Gasteiger charge is 2.26. The molecule has 0 bridgehead atoms. The minimum Gasteiger partial charge on any atom is -0.310 e. The van der Waals surface area contributed by atoms with Gasteiger partial charge in [0.2, 0.25) is 0 Å². The van der Waals surface area contributed by atoms with Crippen molar-refractivity contribution in [1.29, 1.82) is 0 Å². The number of halogens is 5. The van der Waals surface area contributed by atoms with Gasteiger partial charge in [0.05, 0.1) is 19.8 Å². The second kappa shape index (κ2) is 8.84. The molecule has 3 aromatic rings. The van der Waals surface area contributed by atoms with Gasteiger partial charge in [0, 0.05) is 4.11 Å². The van der Waals surface area contributed by atoms with Gasteiger partial charge < -0.3 is 4.90 Å². The van der Waals surface area contributed by atoms with Crippen LogP contribution in [-0.2, 0) is 0 Å². The van der Waals surface area contributed by atoms with E-state index in [1.54, 1.807) is 56.6 Å². The molecule has 0 aliphatic carbocycles. The van der Waals surface area contributed by atoms with E-state index in [1.807, 2.05) is 0 Å². The molecule has 0 unspecified atom stereocenters. The van der Waals surface area contributed by atoms with Crippen molar-refractivity contribution in [3.8, 4) is 0 Å². The van der Waals surface area contributed by atoms with Crippen LogP contribution in [-0.4, -0.2) is 20.8 Å². The van der Waals surface area contributed by atoms with Gasteiger partial charge in [-0.15, -0.1) is 0 Å². The summed E-state index contributed by atoms with van der Waals surface area (Å²) in [4.78, 5) is 0.670. The van der Waals surface area contributed by atoms with Gasteiger partial charge in [-0.2, -0.15) is 10.9 Å². The molecule has 0 aliphatic heterocycles. The van der Waals surface area contributed by atoms with Crippen LogP contribution in [0.2, 0.25) is 0 Å².